The number of ether oxygens (including phenoxy) is 1. The lowest BCUT2D eigenvalue weighted by Crippen LogP contribution is -2.05. The second-order valence-corrected chi connectivity index (χ2v) is 5.78. The molecule has 0 fully saturated rings. The van der Waals surface area contributed by atoms with Crippen molar-refractivity contribution in [1.29, 1.82) is 0 Å². The summed E-state index contributed by atoms with van der Waals surface area (Å²) in [5.74, 6) is 0.392. The van der Waals surface area contributed by atoms with Gasteiger partial charge in [0.2, 0.25) is 0 Å². The van der Waals surface area contributed by atoms with Crippen LogP contribution in [0.2, 0.25) is 0 Å². The number of carbonyl (C=O) groups is 1. The number of para-hydroxylation sites is 1. The Morgan fingerprint density at radius 3 is 2.89 bits per heavy atom. The fourth-order valence-electron chi connectivity index (χ4n) is 1.60. The van der Waals surface area contributed by atoms with E-state index in [1.165, 1.54) is 0 Å². The Kier molecular flexibility index (Phi) is 4.31. The fraction of sp³-hybridized carbons (Fsp3) is 0.429. The Bertz CT molecular complexity index is 500. The van der Waals surface area contributed by atoms with Gasteiger partial charge in [0, 0.05) is 6.42 Å². The highest BCUT2D eigenvalue weighted by atomic mass is 32.1. The van der Waals surface area contributed by atoms with E-state index in [4.69, 9.17) is 4.74 Å². The van der Waals surface area contributed by atoms with Crippen LogP contribution in [0.4, 0.5) is 0 Å². The minimum Gasteiger partial charge on any atom is -0.458 e. The van der Waals surface area contributed by atoms with Gasteiger partial charge in [-0.1, -0.05) is 26.0 Å². The van der Waals surface area contributed by atoms with E-state index in [0.29, 0.717) is 12.3 Å². The van der Waals surface area contributed by atoms with E-state index < -0.39 is 0 Å². The number of carbonyl (C=O) groups excluding carboxylic acids is 1. The van der Waals surface area contributed by atoms with Crippen molar-refractivity contribution in [1.82, 2.24) is 4.98 Å². The molecule has 0 aliphatic carbocycles. The average molecular weight is 263 g/mol. The first-order valence-electron chi connectivity index (χ1n) is 6.15. The number of hydrogen-bond donors (Lipinski definition) is 0. The molecule has 0 amide bonds. The topological polar surface area (TPSA) is 39.2 Å². The number of rotatable bonds is 5. The lowest BCUT2D eigenvalue weighted by atomic mass is 10.1. The van der Waals surface area contributed by atoms with E-state index in [9.17, 15) is 4.79 Å². The molecule has 0 aliphatic heterocycles. The highest BCUT2D eigenvalue weighted by Gasteiger charge is 2.08. The first-order valence-corrected chi connectivity index (χ1v) is 6.97. The first-order chi connectivity index (χ1) is 8.65. The van der Waals surface area contributed by atoms with Crippen LogP contribution in [0.5, 0.6) is 0 Å². The van der Waals surface area contributed by atoms with Crippen molar-refractivity contribution in [3.63, 3.8) is 0 Å². The van der Waals surface area contributed by atoms with Crippen LogP contribution in [0.1, 0.15) is 31.7 Å². The van der Waals surface area contributed by atoms with E-state index in [-0.39, 0.29) is 12.6 Å². The third-order valence-electron chi connectivity index (χ3n) is 2.62. The van der Waals surface area contributed by atoms with E-state index in [1.54, 1.807) is 11.3 Å². The highest BCUT2D eigenvalue weighted by Crippen LogP contribution is 2.22. The van der Waals surface area contributed by atoms with Gasteiger partial charge in [-0.3, -0.25) is 4.79 Å². The molecule has 3 nitrogen and oxygen atoms in total. The van der Waals surface area contributed by atoms with E-state index in [2.05, 4.69) is 18.8 Å². The molecule has 4 heteroatoms. The lowest BCUT2D eigenvalue weighted by Gasteiger charge is -2.04. The molecule has 1 aromatic heterocycles. The maximum atomic E-state index is 11.5. The van der Waals surface area contributed by atoms with Gasteiger partial charge in [0.05, 0.1) is 10.2 Å². The van der Waals surface area contributed by atoms with Crippen LogP contribution >= 0.6 is 11.3 Å². The van der Waals surface area contributed by atoms with Crippen molar-refractivity contribution in [2.45, 2.75) is 33.3 Å². The van der Waals surface area contributed by atoms with Gasteiger partial charge in [-0.05, 0) is 24.5 Å². The fourth-order valence-corrected chi connectivity index (χ4v) is 2.48. The zero-order chi connectivity index (χ0) is 13.0. The molecule has 0 saturated carbocycles. The first kappa shape index (κ1) is 13.0. The van der Waals surface area contributed by atoms with Crippen molar-refractivity contribution in [2.75, 3.05) is 0 Å². The molecule has 0 unspecified atom stereocenters. The molecule has 0 bridgehead atoms. The van der Waals surface area contributed by atoms with E-state index in [1.807, 2.05) is 24.3 Å². The van der Waals surface area contributed by atoms with Gasteiger partial charge >= 0.3 is 5.97 Å². The lowest BCUT2D eigenvalue weighted by molar-refractivity contribution is -0.145. The predicted molar refractivity (Wildman–Crippen MR) is 73.5 cm³/mol. The Labute approximate surface area is 111 Å². The molecule has 0 spiro atoms. The molecule has 18 heavy (non-hydrogen) atoms. The maximum Gasteiger partial charge on any atom is 0.306 e. The average Bonchev–Trinajstić information content (AvgIpc) is 2.76. The molecular weight excluding hydrogens is 246 g/mol. The van der Waals surface area contributed by atoms with Crippen LogP contribution in [-0.2, 0) is 16.1 Å². The second-order valence-electron chi connectivity index (χ2n) is 4.67. The van der Waals surface area contributed by atoms with E-state index in [0.717, 1.165) is 21.6 Å². The number of esters is 1. The van der Waals surface area contributed by atoms with Crippen molar-refractivity contribution in [2.24, 2.45) is 5.92 Å². The van der Waals surface area contributed by atoms with Crippen LogP contribution in [-0.4, -0.2) is 11.0 Å². The smallest absolute Gasteiger partial charge is 0.306 e. The normalized spacial score (nSPS) is 11.1. The molecule has 2 rings (SSSR count). The summed E-state index contributed by atoms with van der Waals surface area (Å²) in [6.45, 7) is 4.48. The van der Waals surface area contributed by atoms with Gasteiger partial charge in [-0.2, -0.15) is 0 Å². The number of nitrogens with zero attached hydrogens (tertiary/aromatic N) is 1. The maximum absolute atomic E-state index is 11.5. The number of fused-ring (bicyclic) bond motifs is 1. The molecule has 0 saturated heterocycles. The molecule has 0 atom stereocenters. The van der Waals surface area contributed by atoms with Crippen molar-refractivity contribution in [3.8, 4) is 0 Å². The third kappa shape index (κ3) is 3.53. The monoisotopic (exact) mass is 263 g/mol. The molecule has 1 heterocycles. The molecule has 2 aromatic rings. The Morgan fingerprint density at radius 2 is 2.17 bits per heavy atom. The van der Waals surface area contributed by atoms with Gasteiger partial charge in [0.1, 0.15) is 11.6 Å². The second kappa shape index (κ2) is 5.96. The number of benzene rings is 1. The predicted octanol–water partition coefficient (Wildman–Crippen LogP) is 3.78. The molecule has 0 N–H and O–H groups in total. The number of thiazole rings is 1. The SMILES string of the molecule is CC(C)CCC(=O)OCc1nc2ccccc2s1. The summed E-state index contributed by atoms with van der Waals surface area (Å²) in [6.07, 6.45) is 1.36. The highest BCUT2D eigenvalue weighted by molar-refractivity contribution is 7.18. The van der Waals surface area contributed by atoms with Crippen LogP contribution in [0, 0.1) is 5.92 Å². The minimum absolute atomic E-state index is 0.136. The van der Waals surface area contributed by atoms with E-state index >= 15 is 0 Å². The van der Waals surface area contributed by atoms with Crippen LogP contribution < -0.4 is 0 Å². The van der Waals surface area contributed by atoms with Gasteiger partial charge in [-0.25, -0.2) is 4.98 Å². The van der Waals surface area contributed by atoms with Gasteiger partial charge < -0.3 is 4.74 Å². The Hall–Kier alpha value is -1.42. The van der Waals surface area contributed by atoms with Crippen molar-refractivity contribution >= 4 is 27.5 Å². The van der Waals surface area contributed by atoms with Crippen LogP contribution in [0.25, 0.3) is 10.2 Å². The summed E-state index contributed by atoms with van der Waals surface area (Å²) in [6, 6.07) is 7.94. The number of aromatic nitrogens is 1. The minimum atomic E-state index is -0.136. The van der Waals surface area contributed by atoms with Crippen molar-refractivity contribution < 1.29 is 9.53 Å². The Morgan fingerprint density at radius 1 is 1.39 bits per heavy atom. The van der Waals surface area contributed by atoms with Crippen LogP contribution in [0.3, 0.4) is 0 Å². The molecule has 0 radical (unpaired) electrons. The zero-order valence-electron chi connectivity index (χ0n) is 10.7. The van der Waals surface area contributed by atoms with Crippen LogP contribution in [0.15, 0.2) is 24.3 Å². The summed E-state index contributed by atoms with van der Waals surface area (Å²) in [5.41, 5.74) is 0.968. The molecular formula is C14H17NO2S. The summed E-state index contributed by atoms with van der Waals surface area (Å²) < 4.78 is 6.35. The summed E-state index contributed by atoms with van der Waals surface area (Å²) in [4.78, 5) is 15.9. The largest absolute Gasteiger partial charge is 0.458 e. The van der Waals surface area contributed by atoms with Gasteiger partial charge in [0.15, 0.2) is 0 Å². The summed E-state index contributed by atoms with van der Waals surface area (Å²) in [5, 5.41) is 0.856. The van der Waals surface area contributed by atoms with Crippen molar-refractivity contribution in [3.05, 3.63) is 29.3 Å². The zero-order valence-corrected chi connectivity index (χ0v) is 11.5. The quantitative estimate of drug-likeness (QED) is 0.771. The van der Waals surface area contributed by atoms with Gasteiger partial charge in [-0.15, -0.1) is 11.3 Å². The third-order valence-corrected chi connectivity index (χ3v) is 3.63. The standard InChI is InChI=1S/C14H17NO2S/c1-10(2)7-8-14(16)17-9-13-15-11-5-3-4-6-12(11)18-13/h3-6,10H,7-9H2,1-2H3. The summed E-state index contributed by atoms with van der Waals surface area (Å²) >= 11 is 1.58. The molecule has 0 aliphatic rings. The Balaban J connectivity index is 1.88. The molecule has 96 valence electrons. The summed E-state index contributed by atoms with van der Waals surface area (Å²) in [7, 11) is 0. The number of hydrogen-bond acceptors (Lipinski definition) is 4. The molecule has 1 aromatic carbocycles. The van der Waals surface area contributed by atoms with Gasteiger partial charge in [0.25, 0.3) is 0 Å².